The number of aryl methyl sites for hydroxylation is 1. The Morgan fingerprint density at radius 3 is 2.34 bits per heavy atom. The Labute approximate surface area is 194 Å². The molecule has 4 rings (SSSR count). The van der Waals surface area contributed by atoms with Crippen molar-refractivity contribution in [2.75, 3.05) is 13.1 Å². The molecular weight excluding hydrogens is 424 g/mol. The van der Waals surface area contributed by atoms with E-state index in [0.717, 1.165) is 46.1 Å². The summed E-state index contributed by atoms with van der Waals surface area (Å²) in [7, 11) is 0. The SMILES string of the molecule is Cc1cnc(Cl)c2ccc(-c3ccc(OC4CCN(C(=O)OC(C)(C)C)CC4)cc3)cc12. The summed E-state index contributed by atoms with van der Waals surface area (Å²) in [5.74, 6) is 0.841. The molecule has 2 aromatic carbocycles. The van der Waals surface area contributed by atoms with E-state index in [1.807, 2.05) is 45.9 Å². The van der Waals surface area contributed by atoms with Crippen LogP contribution in [0.4, 0.5) is 4.79 Å². The van der Waals surface area contributed by atoms with E-state index in [9.17, 15) is 4.79 Å². The van der Waals surface area contributed by atoms with Gasteiger partial charge in [0.15, 0.2) is 0 Å². The first-order valence-corrected chi connectivity index (χ1v) is 11.4. The standard InChI is InChI=1S/C26H29ClN2O3/c1-17-16-28-24(27)22-10-7-19(15-23(17)22)18-5-8-20(9-6-18)31-21-11-13-29(14-12-21)25(30)32-26(2,3)4/h5-10,15-16,21H,11-14H2,1-4H3. The number of likely N-dealkylation sites (tertiary alicyclic amines) is 1. The third-order valence-electron chi connectivity index (χ3n) is 5.62. The number of hydrogen-bond donors (Lipinski definition) is 0. The predicted molar refractivity (Wildman–Crippen MR) is 128 cm³/mol. The topological polar surface area (TPSA) is 51.7 Å². The van der Waals surface area contributed by atoms with Crippen LogP contribution in [0.25, 0.3) is 21.9 Å². The fourth-order valence-corrected chi connectivity index (χ4v) is 4.14. The summed E-state index contributed by atoms with van der Waals surface area (Å²) < 4.78 is 11.6. The number of aromatic nitrogens is 1. The fourth-order valence-electron chi connectivity index (χ4n) is 3.92. The number of halogens is 1. The van der Waals surface area contributed by atoms with Gasteiger partial charge < -0.3 is 14.4 Å². The Bertz CT molecular complexity index is 1110. The van der Waals surface area contributed by atoms with Gasteiger partial charge in [-0.15, -0.1) is 0 Å². The van der Waals surface area contributed by atoms with Crippen LogP contribution in [0.2, 0.25) is 5.15 Å². The minimum absolute atomic E-state index is 0.0949. The normalized spacial score (nSPS) is 15.1. The van der Waals surface area contributed by atoms with Crippen molar-refractivity contribution in [2.24, 2.45) is 0 Å². The molecule has 0 N–H and O–H groups in total. The number of piperidine rings is 1. The van der Waals surface area contributed by atoms with Gasteiger partial charge in [-0.3, -0.25) is 0 Å². The minimum atomic E-state index is -0.473. The van der Waals surface area contributed by atoms with Crippen molar-refractivity contribution in [1.82, 2.24) is 9.88 Å². The number of amides is 1. The van der Waals surface area contributed by atoms with Crippen LogP contribution < -0.4 is 4.74 Å². The van der Waals surface area contributed by atoms with Gasteiger partial charge in [-0.1, -0.05) is 35.9 Å². The van der Waals surface area contributed by atoms with Crippen LogP contribution in [0, 0.1) is 6.92 Å². The summed E-state index contributed by atoms with van der Waals surface area (Å²) in [6.45, 7) is 8.99. The lowest BCUT2D eigenvalue weighted by Crippen LogP contribution is -2.44. The first-order valence-electron chi connectivity index (χ1n) is 11.0. The van der Waals surface area contributed by atoms with Crippen LogP contribution in [0.1, 0.15) is 39.2 Å². The zero-order valence-corrected chi connectivity index (χ0v) is 19.8. The third kappa shape index (κ3) is 5.16. The molecule has 168 valence electrons. The molecule has 0 unspecified atom stereocenters. The van der Waals surface area contributed by atoms with E-state index in [0.29, 0.717) is 18.2 Å². The first kappa shape index (κ1) is 22.4. The van der Waals surface area contributed by atoms with Crippen LogP contribution in [0.5, 0.6) is 5.75 Å². The molecule has 1 aliphatic heterocycles. The molecule has 1 saturated heterocycles. The van der Waals surface area contributed by atoms with E-state index in [1.54, 1.807) is 11.1 Å². The minimum Gasteiger partial charge on any atom is -0.490 e. The molecule has 0 radical (unpaired) electrons. The van der Waals surface area contributed by atoms with Crippen molar-refractivity contribution in [3.63, 3.8) is 0 Å². The largest absolute Gasteiger partial charge is 0.490 e. The number of nitrogens with zero attached hydrogens (tertiary/aromatic N) is 2. The lowest BCUT2D eigenvalue weighted by Gasteiger charge is -2.33. The molecule has 0 atom stereocenters. The summed E-state index contributed by atoms with van der Waals surface area (Å²) in [5.41, 5.74) is 2.87. The zero-order valence-electron chi connectivity index (χ0n) is 19.0. The monoisotopic (exact) mass is 452 g/mol. The van der Waals surface area contributed by atoms with E-state index < -0.39 is 5.60 Å². The summed E-state index contributed by atoms with van der Waals surface area (Å²) in [5, 5.41) is 2.60. The lowest BCUT2D eigenvalue weighted by atomic mass is 10.0. The van der Waals surface area contributed by atoms with Crippen molar-refractivity contribution in [2.45, 2.75) is 52.2 Å². The maximum Gasteiger partial charge on any atom is 0.410 e. The number of ether oxygens (including phenoxy) is 2. The first-order chi connectivity index (χ1) is 15.2. The highest BCUT2D eigenvalue weighted by molar-refractivity contribution is 6.34. The van der Waals surface area contributed by atoms with Crippen LogP contribution in [-0.4, -0.2) is 40.8 Å². The van der Waals surface area contributed by atoms with Crippen molar-refractivity contribution in [3.8, 4) is 16.9 Å². The number of benzene rings is 2. The van der Waals surface area contributed by atoms with Gasteiger partial charge in [0.2, 0.25) is 0 Å². The van der Waals surface area contributed by atoms with Gasteiger partial charge in [-0.25, -0.2) is 9.78 Å². The fraction of sp³-hybridized carbons (Fsp3) is 0.385. The lowest BCUT2D eigenvalue weighted by molar-refractivity contribution is 0.0126. The number of carbonyl (C=O) groups excluding carboxylic acids is 1. The highest BCUT2D eigenvalue weighted by Crippen LogP contribution is 2.31. The molecular formula is C26H29ClN2O3. The number of pyridine rings is 1. The summed E-state index contributed by atoms with van der Waals surface area (Å²) >= 11 is 6.24. The third-order valence-corrected chi connectivity index (χ3v) is 5.92. The number of rotatable bonds is 3. The molecule has 1 aliphatic rings. The Morgan fingerprint density at radius 1 is 1.03 bits per heavy atom. The van der Waals surface area contributed by atoms with Gasteiger partial charge in [0.1, 0.15) is 22.6 Å². The highest BCUT2D eigenvalue weighted by atomic mass is 35.5. The Morgan fingerprint density at radius 2 is 1.69 bits per heavy atom. The highest BCUT2D eigenvalue weighted by Gasteiger charge is 2.27. The van der Waals surface area contributed by atoms with Gasteiger partial charge in [0, 0.05) is 37.5 Å². The molecule has 0 spiro atoms. The molecule has 1 amide bonds. The van der Waals surface area contributed by atoms with Crippen LogP contribution in [-0.2, 0) is 4.74 Å². The molecule has 0 aliphatic carbocycles. The molecule has 0 bridgehead atoms. The van der Waals surface area contributed by atoms with Crippen LogP contribution >= 0.6 is 11.6 Å². The average Bonchev–Trinajstić information content (AvgIpc) is 2.76. The second-order valence-electron chi connectivity index (χ2n) is 9.30. The van der Waals surface area contributed by atoms with Crippen LogP contribution in [0.3, 0.4) is 0 Å². The number of hydrogen-bond acceptors (Lipinski definition) is 4. The molecule has 1 aromatic heterocycles. The molecule has 1 fully saturated rings. The van der Waals surface area contributed by atoms with Crippen molar-refractivity contribution in [1.29, 1.82) is 0 Å². The van der Waals surface area contributed by atoms with Gasteiger partial charge in [0.25, 0.3) is 0 Å². The van der Waals surface area contributed by atoms with E-state index in [-0.39, 0.29) is 12.2 Å². The number of carbonyl (C=O) groups is 1. The van der Waals surface area contributed by atoms with E-state index in [1.165, 1.54) is 0 Å². The molecule has 0 saturated carbocycles. The van der Waals surface area contributed by atoms with E-state index >= 15 is 0 Å². The van der Waals surface area contributed by atoms with Crippen molar-refractivity contribution >= 4 is 28.5 Å². The summed E-state index contributed by atoms with van der Waals surface area (Å²) in [6.07, 6.45) is 3.24. The number of fused-ring (bicyclic) bond motifs is 1. The summed E-state index contributed by atoms with van der Waals surface area (Å²) in [4.78, 5) is 18.2. The Kier molecular flexibility index (Phi) is 6.29. The van der Waals surface area contributed by atoms with Crippen molar-refractivity contribution < 1.29 is 14.3 Å². The molecule has 3 aromatic rings. The van der Waals surface area contributed by atoms with Gasteiger partial charge in [-0.05, 0) is 68.0 Å². The maximum absolute atomic E-state index is 12.2. The van der Waals surface area contributed by atoms with E-state index in [4.69, 9.17) is 21.1 Å². The Balaban J connectivity index is 1.38. The smallest absolute Gasteiger partial charge is 0.410 e. The van der Waals surface area contributed by atoms with Gasteiger partial charge in [-0.2, -0.15) is 0 Å². The van der Waals surface area contributed by atoms with Gasteiger partial charge in [0.05, 0.1) is 0 Å². The van der Waals surface area contributed by atoms with Gasteiger partial charge >= 0.3 is 6.09 Å². The van der Waals surface area contributed by atoms with Crippen molar-refractivity contribution in [3.05, 3.63) is 59.4 Å². The molecule has 6 heteroatoms. The zero-order chi connectivity index (χ0) is 22.9. The average molecular weight is 453 g/mol. The quantitative estimate of drug-likeness (QED) is 0.418. The maximum atomic E-state index is 12.2. The second-order valence-corrected chi connectivity index (χ2v) is 9.66. The second kappa shape index (κ2) is 8.99. The molecule has 2 heterocycles. The molecule has 32 heavy (non-hydrogen) atoms. The Hall–Kier alpha value is -2.79. The predicted octanol–water partition coefficient (Wildman–Crippen LogP) is 6.64. The van der Waals surface area contributed by atoms with E-state index in [2.05, 4.69) is 29.2 Å². The summed E-state index contributed by atoms with van der Waals surface area (Å²) in [6, 6.07) is 14.4. The van der Waals surface area contributed by atoms with Crippen LogP contribution in [0.15, 0.2) is 48.7 Å². The molecule has 5 nitrogen and oxygen atoms in total.